The van der Waals surface area contributed by atoms with Crippen molar-refractivity contribution < 1.29 is 13.8 Å². The smallest absolute Gasteiger partial charge is 0.235 e. The number of nitrogens with zero attached hydrogens (tertiary/aromatic N) is 1. The van der Waals surface area contributed by atoms with E-state index in [0.29, 0.717) is 23.9 Å². The van der Waals surface area contributed by atoms with Crippen LogP contribution < -0.4 is 5.73 Å². The summed E-state index contributed by atoms with van der Waals surface area (Å²) >= 11 is 0. The number of hydrogen-bond acceptors (Lipinski definition) is 3. The molecule has 6 heteroatoms. The summed E-state index contributed by atoms with van der Waals surface area (Å²) < 4.78 is 12.4. The van der Waals surface area contributed by atoms with Gasteiger partial charge in [0.2, 0.25) is 11.8 Å². The molecule has 0 spiro atoms. The second kappa shape index (κ2) is 7.73. The van der Waals surface area contributed by atoms with E-state index in [1.54, 1.807) is 4.90 Å². The molecule has 0 saturated carbocycles. The van der Waals surface area contributed by atoms with Crippen molar-refractivity contribution in [1.82, 2.24) is 4.90 Å². The SMILES string of the molecule is CC(C)c1ccc([S@@](=O)CC(=O)N2CCC[C@H](C(N)=O)C2)cc1. The Bertz CT molecular complexity index is 598. The standard InChI is InChI=1S/C17H24N2O3S/c1-12(2)13-5-7-15(8-6-13)23(22)11-16(20)19-9-3-4-14(10-19)17(18)21/h5-8,12,14H,3-4,9-11H2,1-2H3,(H2,18,21)/t14-,23-/m0/s1. The van der Waals surface area contributed by atoms with Crippen LogP contribution in [0.5, 0.6) is 0 Å². The minimum Gasteiger partial charge on any atom is -0.369 e. The van der Waals surface area contributed by atoms with Gasteiger partial charge in [-0.2, -0.15) is 0 Å². The van der Waals surface area contributed by atoms with Gasteiger partial charge in [-0.3, -0.25) is 13.8 Å². The van der Waals surface area contributed by atoms with Crippen molar-refractivity contribution >= 4 is 22.6 Å². The van der Waals surface area contributed by atoms with Crippen molar-refractivity contribution in [3.63, 3.8) is 0 Å². The molecule has 2 N–H and O–H groups in total. The fourth-order valence-corrected chi connectivity index (χ4v) is 3.74. The Morgan fingerprint density at radius 2 is 1.96 bits per heavy atom. The predicted molar refractivity (Wildman–Crippen MR) is 90.3 cm³/mol. The third-order valence-electron chi connectivity index (χ3n) is 4.24. The third-order valence-corrected chi connectivity index (χ3v) is 5.55. The number of hydrogen-bond donors (Lipinski definition) is 1. The van der Waals surface area contributed by atoms with Gasteiger partial charge in [0.05, 0.1) is 16.7 Å². The molecule has 0 aromatic heterocycles. The van der Waals surface area contributed by atoms with Crippen LogP contribution >= 0.6 is 0 Å². The largest absolute Gasteiger partial charge is 0.369 e. The van der Waals surface area contributed by atoms with Crippen molar-refractivity contribution in [1.29, 1.82) is 0 Å². The van der Waals surface area contributed by atoms with Gasteiger partial charge in [0.1, 0.15) is 5.75 Å². The minimum absolute atomic E-state index is 0.0491. The highest BCUT2D eigenvalue weighted by molar-refractivity contribution is 7.85. The van der Waals surface area contributed by atoms with Crippen molar-refractivity contribution in [2.24, 2.45) is 11.7 Å². The number of likely N-dealkylation sites (tertiary alicyclic amines) is 1. The van der Waals surface area contributed by atoms with Crippen molar-refractivity contribution in [2.75, 3.05) is 18.8 Å². The molecule has 1 aromatic rings. The maximum absolute atomic E-state index is 12.4. The summed E-state index contributed by atoms with van der Waals surface area (Å²) in [4.78, 5) is 25.9. The van der Waals surface area contributed by atoms with Crippen molar-refractivity contribution in [3.05, 3.63) is 29.8 Å². The molecule has 126 valence electrons. The first-order valence-corrected chi connectivity index (χ1v) is 9.25. The van der Waals surface area contributed by atoms with E-state index in [4.69, 9.17) is 5.73 Å². The first-order chi connectivity index (χ1) is 10.9. The number of primary amides is 1. The van der Waals surface area contributed by atoms with Crippen LogP contribution in [0.4, 0.5) is 0 Å². The molecule has 1 aliphatic rings. The number of benzene rings is 1. The second-order valence-electron chi connectivity index (χ2n) is 6.29. The van der Waals surface area contributed by atoms with Gasteiger partial charge < -0.3 is 10.6 Å². The average molecular weight is 336 g/mol. The van der Waals surface area contributed by atoms with Gasteiger partial charge in [0, 0.05) is 18.0 Å². The maximum Gasteiger partial charge on any atom is 0.235 e. The fraction of sp³-hybridized carbons (Fsp3) is 0.529. The molecular weight excluding hydrogens is 312 g/mol. The summed E-state index contributed by atoms with van der Waals surface area (Å²) in [6.07, 6.45) is 1.48. The van der Waals surface area contributed by atoms with Crippen molar-refractivity contribution in [3.8, 4) is 0 Å². The van der Waals surface area contributed by atoms with Crippen LogP contribution in [0.15, 0.2) is 29.2 Å². The highest BCUT2D eigenvalue weighted by atomic mass is 32.2. The molecule has 23 heavy (non-hydrogen) atoms. The first kappa shape index (κ1) is 17.7. The fourth-order valence-electron chi connectivity index (χ4n) is 2.73. The summed E-state index contributed by atoms with van der Waals surface area (Å²) in [7, 11) is -1.37. The van der Waals surface area contributed by atoms with E-state index in [9.17, 15) is 13.8 Å². The molecule has 0 bridgehead atoms. The number of carbonyl (C=O) groups excluding carboxylic acids is 2. The molecule has 1 fully saturated rings. The lowest BCUT2D eigenvalue weighted by Crippen LogP contribution is -2.45. The lowest BCUT2D eigenvalue weighted by molar-refractivity contribution is -0.132. The molecule has 0 aliphatic carbocycles. The average Bonchev–Trinajstić information content (AvgIpc) is 2.54. The molecule has 1 aromatic carbocycles. The Morgan fingerprint density at radius 3 is 2.52 bits per heavy atom. The number of piperidine rings is 1. The number of rotatable bonds is 5. The van der Waals surface area contributed by atoms with Gasteiger partial charge in [-0.15, -0.1) is 0 Å². The summed E-state index contributed by atoms with van der Waals surface area (Å²) in [5.74, 6) is -0.466. The molecule has 2 amide bonds. The zero-order valence-electron chi connectivity index (χ0n) is 13.7. The molecule has 1 saturated heterocycles. The quantitative estimate of drug-likeness (QED) is 0.887. The van der Waals surface area contributed by atoms with Gasteiger partial charge in [-0.1, -0.05) is 26.0 Å². The number of carbonyl (C=O) groups is 2. The summed E-state index contributed by atoms with van der Waals surface area (Å²) in [5, 5.41) is 0. The van der Waals surface area contributed by atoms with Crippen LogP contribution in [0.1, 0.15) is 38.2 Å². The molecule has 0 radical (unpaired) electrons. The maximum atomic E-state index is 12.4. The monoisotopic (exact) mass is 336 g/mol. The van der Waals surface area contributed by atoms with Crippen LogP contribution in [0.2, 0.25) is 0 Å². The van der Waals surface area contributed by atoms with Crippen LogP contribution in [0.3, 0.4) is 0 Å². The van der Waals surface area contributed by atoms with Crippen LogP contribution in [-0.4, -0.2) is 39.8 Å². The molecule has 2 atom stereocenters. The lowest BCUT2D eigenvalue weighted by Gasteiger charge is -2.31. The van der Waals surface area contributed by atoms with Gasteiger partial charge >= 0.3 is 0 Å². The van der Waals surface area contributed by atoms with E-state index in [-0.39, 0.29) is 23.5 Å². The van der Waals surface area contributed by atoms with E-state index in [1.807, 2.05) is 24.3 Å². The minimum atomic E-state index is -1.37. The van der Waals surface area contributed by atoms with Gasteiger partial charge in [0.25, 0.3) is 0 Å². The van der Waals surface area contributed by atoms with E-state index in [2.05, 4.69) is 13.8 Å². The Kier molecular flexibility index (Phi) is 5.93. The van der Waals surface area contributed by atoms with E-state index < -0.39 is 10.8 Å². The summed E-state index contributed by atoms with van der Waals surface area (Å²) in [6, 6.07) is 7.54. The molecule has 5 nitrogen and oxygen atoms in total. The highest BCUT2D eigenvalue weighted by Crippen LogP contribution is 2.19. The van der Waals surface area contributed by atoms with Gasteiger partial charge in [0.15, 0.2) is 0 Å². The molecule has 2 rings (SSSR count). The first-order valence-electron chi connectivity index (χ1n) is 7.94. The Morgan fingerprint density at radius 1 is 1.30 bits per heavy atom. The topological polar surface area (TPSA) is 80.5 Å². The number of nitrogens with two attached hydrogens (primary N) is 1. The number of amides is 2. The molecule has 0 unspecified atom stereocenters. The van der Waals surface area contributed by atoms with Gasteiger partial charge in [-0.25, -0.2) is 0 Å². The van der Waals surface area contributed by atoms with E-state index in [0.717, 1.165) is 12.8 Å². The molecule has 1 aliphatic heterocycles. The van der Waals surface area contributed by atoms with Crippen LogP contribution in [0.25, 0.3) is 0 Å². The zero-order valence-corrected chi connectivity index (χ0v) is 14.5. The van der Waals surface area contributed by atoms with Crippen LogP contribution in [0, 0.1) is 5.92 Å². The highest BCUT2D eigenvalue weighted by Gasteiger charge is 2.27. The molecular formula is C17H24N2O3S. The lowest BCUT2D eigenvalue weighted by atomic mass is 9.97. The van der Waals surface area contributed by atoms with Crippen LogP contribution in [-0.2, 0) is 20.4 Å². The summed E-state index contributed by atoms with van der Waals surface area (Å²) in [6.45, 7) is 5.14. The van der Waals surface area contributed by atoms with E-state index >= 15 is 0 Å². The molecule has 1 heterocycles. The van der Waals surface area contributed by atoms with Crippen molar-refractivity contribution in [2.45, 2.75) is 37.5 Å². The van der Waals surface area contributed by atoms with Gasteiger partial charge in [-0.05, 0) is 36.5 Å². The second-order valence-corrected chi connectivity index (χ2v) is 7.75. The van der Waals surface area contributed by atoms with E-state index in [1.165, 1.54) is 5.56 Å². The Balaban J connectivity index is 1.96. The third kappa shape index (κ3) is 4.64. The zero-order chi connectivity index (χ0) is 17.0. The Hall–Kier alpha value is -1.69. The predicted octanol–water partition coefficient (Wildman–Crippen LogP) is 1.64. The Labute approximate surface area is 139 Å². The summed E-state index contributed by atoms with van der Waals surface area (Å²) in [5.41, 5.74) is 6.50. The normalized spacial score (nSPS) is 19.6.